The number of hydrogen-bond donors (Lipinski definition) is 1. The topological polar surface area (TPSA) is 102 Å². The van der Waals surface area contributed by atoms with Crippen molar-refractivity contribution in [1.29, 1.82) is 0 Å². The molecule has 7 nitrogen and oxygen atoms in total. The largest absolute Gasteiger partial charge is 0.403 e. The molecule has 0 radical (unpaired) electrons. The van der Waals surface area contributed by atoms with Crippen molar-refractivity contribution in [3.63, 3.8) is 0 Å². The third-order valence-electron chi connectivity index (χ3n) is 3.96. The van der Waals surface area contributed by atoms with Crippen LogP contribution in [-0.2, 0) is 9.84 Å². The summed E-state index contributed by atoms with van der Waals surface area (Å²) in [4.78, 5) is 12.5. The van der Waals surface area contributed by atoms with E-state index in [0.29, 0.717) is 0 Å². The molecule has 3 rings (SSSR count). The third kappa shape index (κ3) is 4.06. The average Bonchev–Trinajstić information content (AvgIpc) is 3.10. The van der Waals surface area contributed by atoms with Crippen molar-refractivity contribution in [3.8, 4) is 11.5 Å². The molecule has 0 aliphatic carbocycles. The van der Waals surface area contributed by atoms with Crippen molar-refractivity contribution in [2.75, 3.05) is 5.32 Å². The molecule has 0 aliphatic heterocycles. The summed E-state index contributed by atoms with van der Waals surface area (Å²) in [6.07, 6.45) is 0. The summed E-state index contributed by atoms with van der Waals surface area (Å²) in [6.45, 7) is 5.13. The molecule has 27 heavy (non-hydrogen) atoms. The van der Waals surface area contributed by atoms with Crippen LogP contribution >= 0.6 is 0 Å². The van der Waals surface area contributed by atoms with E-state index in [2.05, 4.69) is 15.5 Å². The monoisotopic (exact) mass is 385 g/mol. The Morgan fingerprint density at radius 2 is 1.81 bits per heavy atom. The van der Waals surface area contributed by atoms with Gasteiger partial charge < -0.3 is 4.42 Å². The van der Waals surface area contributed by atoms with E-state index >= 15 is 0 Å². The zero-order chi connectivity index (χ0) is 19.6. The minimum atomic E-state index is -3.47. The van der Waals surface area contributed by atoms with Crippen LogP contribution < -0.4 is 5.32 Å². The molecule has 1 aromatic heterocycles. The van der Waals surface area contributed by atoms with Gasteiger partial charge in [-0.05, 0) is 51.1 Å². The number of aryl methyl sites for hydroxylation is 1. The number of aromatic nitrogens is 2. The fourth-order valence-electron chi connectivity index (χ4n) is 2.42. The van der Waals surface area contributed by atoms with E-state index in [0.717, 1.165) is 11.1 Å². The highest BCUT2D eigenvalue weighted by atomic mass is 32.2. The Balaban J connectivity index is 1.81. The lowest BCUT2D eigenvalue weighted by atomic mass is 10.1. The first-order valence-electron chi connectivity index (χ1n) is 8.33. The van der Waals surface area contributed by atoms with Gasteiger partial charge in [0.25, 0.3) is 5.91 Å². The molecule has 0 bridgehead atoms. The summed E-state index contributed by atoms with van der Waals surface area (Å²) in [5.74, 6) is -0.250. The summed E-state index contributed by atoms with van der Waals surface area (Å²) >= 11 is 0. The van der Waals surface area contributed by atoms with Gasteiger partial charge in [0.15, 0.2) is 9.84 Å². The van der Waals surface area contributed by atoms with Crippen LogP contribution in [0.2, 0.25) is 0 Å². The fourth-order valence-corrected chi connectivity index (χ4v) is 3.53. The maximum Gasteiger partial charge on any atom is 0.322 e. The molecule has 140 valence electrons. The highest BCUT2D eigenvalue weighted by Crippen LogP contribution is 2.22. The first-order chi connectivity index (χ1) is 12.8. The molecule has 0 unspecified atom stereocenters. The molecule has 3 aromatic rings. The van der Waals surface area contributed by atoms with Gasteiger partial charge in [-0.25, -0.2) is 8.42 Å². The van der Waals surface area contributed by atoms with E-state index in [9.17, 15) is 13.2 Å². The van der Waals surface area contributed by atoms with E-state index in [-0.39, 0.29) is 22.4 Å². The second-order valence-corrected chi connectivity index (χ2v) is 8.86. The van der Waals surface area contributed by atoms with Gasteiger partial charge in [0.05, 0.1) is 10.1 Å². The minimum Gasteiger partial charge on any atom is -0.403 e. The number of carbonyl (C=O) groups excluding carboxylic acids is 1. The molecule has 0 saturated heterocycles. The lowest BCUT2D eigenvalue weighted by Gasteiger charge is -2.09. The lowest BCUT2D eigenvalue weighted by Crippen LogP contribution is -2.16. The summed E-state index contributed by atoms with van der Waals surface area (Å²) in [6, 6.07) is 13.3. The Morgan fingerprint density at radius 3 is 2.52 bits per heavy atom. The van der Waals surface area contributed by atoms with Gasteiger partial charge in [-0.15, -0.1) is 5.10 Å². The predicted octanol–water partition coefficient (Wildman–Crippen LogP) is 3.48. The number of sulfone groups is 1. The summed E-state index contributed by atoms with van der Waals surface area (Å²) < 4.78 is 30.0. The Kier molecular flexibility index (Phi) is 5.09. The van der Waals surface area contributed by atoms with Crippen LogP contribution in [0.3, 0.4) is 0 Å². The highest BCUT2D eigenvalue weighted by molar-refractivity contribution is 7.92. The van der Waals surface area contributed by atoms with Crippen LogP contribution in [0.25, 0.3) is 11.5 Å². The smallest absolute Gasteiger partial charge is 0.322 e. The molecule has 8 heteroatoms. The maximum absolute atomic E-state index is 12.4. The van der Waals surface area contributed by atoms with E-state index in [1.807, 2.05) is 31.2 Å². The van der Waals surface area contributed by atoms with E-state index in [1.165, 1.54) is 24.3 Å². The van der Waals surface area contributed by atoms with Gasteiger partial charge in [-0.2, -0.15) is 0 Å². The fraction of sp³-hybridized carbons (Fsp3) is 0.211. The number of amides is 1. The van der Waals surface area contributed by atoms with Crippen LogP contribution in [0.15, 0.2) is 57.8 Å². The van der Waals surface area contributed by atoms with Crippen molar-refractivity contribution < 1.29 is 17.6 Å². The molecule has 1 amide bonds. The number of hydrogen-bond acceptors (Lipinski definition) is 6. The quantitative estimate of drug-likeness (QED) is 0.721. The Bertz CT molecular complexity index is 1090. The first kappa shape index (κ1) is 18.8. The van der Waals surface area contributed by atoms with E-state index in [4.69, 9.17) is 4.42 Å². The molecule has 2 aromatic carbocycles. The third-order valence-corrected chi connectivity index (χ3v) is 6.11. The summed E-state index contributed by atoms with van der Waals surface area (Å²) in [7, 11) is -3.47. The number of rotatable bonds is 5. The summed E-state index contributed by atoms with van der Waals surface area (Å²) in [5, 5.41) is 9.66. The number of nitrogens with zero attached hydrogens (tertiary/aromatic N) is 2. The highest BCUT2D eigenvalue weighted by Gasteiger charge is 2.21. The molecular weight excluding hydrogens is 366 g/mol. The zero-order valence-corrected chi connectivity index (χ0v) is 15.9. The van der Waals surface area contributed by atoms with Crippen LogP contribution in [0.5, 0.6) is 0 Å². The van der Waals surface area contributed by atoms with Gasteiger partial charge in [0.1, 0.15) is 0 Å². The van der Waals surface area contributed by atoms with Crippen LogP contribution in [0, 0.1) is 6.92 Å². The van der Waals surface area contributed by atoms with Gasteiger partial charge in [-0.3, -0.25) is 10.1 Å². The van der Waals surface area contributed by atoms with Crippen molar-refractivity contribution in [1.82, 2.24) is 10.2 Å². The second kappa shape index (κ2) is 7.32. The van der Waals surface area contributed by atoms with Gasteiger partial charge in [0, 0.05) is 11.1 Å². The van der Waals surface area contributed by atoms with E-state index in [1.54, 1.807) is 13.8 Å². The van der Waals surface area contributed by atoms with Crippen molar-refractivity contribution >= 4 is 21.8 Å². The van der Waals surface area contributed by atoms with Gasteiger partial charge in [-0.1, -0.05) is 28.9 Å². The number of anilines is 1. The maximum atomic E-state index is 12.4. The first-order valence-corrected chi connectivity index (χ1v) is 9.88. The van der Waals surface area contributed by atoms with Crippen molar-refractivity contribution in [2.24, 2.45) is 0 Å². The molecule has 0 atom stereocenters. The Hall–Kier alpha value is -3.00. The van der Waals surface area contributed by atoms with E-state index < -0.39 is 21.0 Å². The summed E-state index contributed by atoms with van der Waals surface area (Å²) in [5.41, 5.74) is 1.97. The van der Waals surface area contributed by atoms with Crippen molar-refractivity contribution in [3.05, 3.63) is 59.7 Å². The van der Waals surface area contributed by atoms with Crippen LogP contribution in [0.4, 0.5) is 6.01 Å². The number of benzene rings is 2. The number of carbonyl (C=O) groups is 1. The molecule has 1 N–H and O–H groups in total. The predicted molar refractivity (Wildman–Crippen MR) is 101 cm³/mol. The molecule has 0 spiro atoms. The average molecular weight is 385 g/mol. The normalized spacial score (nSPS) is 11.6. The van der Waals surface area contributed by atoms with Gasteiger partial charge >= 0.3 is 6.01 Å². The molecule has 0 aliphatic rings. The Labute approximate surface area is 157 Å². The molecule has 1 heterocycles. The molecule has 0 fully saturated rings. The second-order valence-electron chi connectivity index (χ2n) is 6.36. The number of nitrogens with one attached hydrogen (secondary N) is 1. The Morgan fingerprint density at radius 1 is 1.07 bits per heavy atom. The van der Waals surface area contributed by atoms with Crippen LogP contribution in [0.1, 0.15) is 29.8 Å². The zero-order valence-electron chi connectivity index (χ0n) is 15.1. The standard InChI is InChI=1S/C19H19N3O4S/c1-12(2)27(24,25)16-9-5-7-14(11-16)17(23)20-19-22-21-18(26-19)15-8-4-6-13(3)10-15/h4-12H,1-3H3,(H,20,22,23). The SMILES string of the molecule is Cc1cccc(-c2nnc(NC(=O)c3cccc(S(=O)(=O)C(C)C)c3)o2)c1. The molecular formula is C19H19N3O4S. The molecule has 0 saturated carbocycles. The van der Waals surface area contributed by atoms with Crippen LogP contribution in [-0.4, -0.2) is 29.8 Å². The lowest BCUT2D eigenvalue weighted by molar-refractivity contribution is 0.102. The van der Waals surface area contributed by atoms with Crippen molar-refractivity contribution in [2.45, 2.75) is 30.9 Å². The minimum absolute atomic E-state index is 0.0615. The van der Waals surface area contributed by atoms with Gasteiger partial charge in [0.2, 0.25) is 5.89 Å².